The van der Waals surface area contributed by atoms with E-state index in [1.165, 1.54) is 0 Å². The van der Waals surface area contributed by atoms with Gasteiger partial charge in [0, 0.05) is 12.1 Å². The van der Waals surface area contributed by atoms with Crippen molar-refractivity contribution in [3.63, 3.8) is 0 Å². The summed E-state index contributed by atoms with van der Waals surface area (Å²) in [6.07, 6.45) is -7.51. The third-order valence-electron chi connectivity index (χ3n) is 3.28. The predicted octanol–water partition coefficient (Wildman–Crippen LogP) is 0.0803. The van der Waals surface area contributed by atoms with Gasteiger partial charge < -0.3 is 29.9 Å². The van der Waals surface area contributed by atoms with Crippen molar-refractivity contribution in [2.75, 3.05) is 6.61 Å². The van der Waals surface area contributed by atoms with Crippen molar-refractivity contribution in [3.05, 3.63) is 32.3 Å². The Morgan fingerprint density at radius 1 is 1.17 bits per heavy atom. The normalized spacial score (nSPS) is 31.0. The first-order valence-electron chi connectivity index (χ1n) is 6.37. The van der Waals surface area contributed by atoms with Crippen LogP contribution in [0.25, 0.3) is 0 Å². The van der Waals surface area contributed by atoms with Crippen molar-refractivity contribution in [2.45, 2.75) is 30.7 Å². The van der Waals surface area contributed by atoms with Crippen molar-refractivity contribution in [2.24, 2.45) is 0 Å². The number of benzene rings is 1. The lowest BCUT2D eigenvalue weighted by molar-refractivity contribution is -0.384. The molecule has 0 amide bonds. The fourth-order valence-electron chi connectivity index (χ4n) is 2.05. The summed E-state index contributed by atoms with van der Waals surface area (Å²) in [7, 11) is 0. The second-order valence-electron chi connectivity index (χ2n) is 4.81. The van der Waals surface area contributed by atoms with E-state index in [2.05, 4.69) is 0 Å². The van der Waals surface area contributed by atoms with E-state index in [1.54, 1.807) is 0 Å². The van der Waals surface area contributed by atoms with Crippen LogP contribution >= 0.6 is 23.2 Å². The maximum atomic E-state index is 10.7. The lowest BCUT2D eigenvalue weighted by Gasteiger charge is -2.39. The molecule has 4 N–H and O–H groups in total. The minimum Gasteiger partial charge on any atom is -0.459 e. The second-order valence-corrected chi connectivity index (χ2v) is 5.63. The molecule has 1 fully saturated rings. The Morgan fingerprint density at radius 3 is 2.22 bits per heavy atom. The van der Waals surface area contributed by atoms with Gasteiger partial charge in [0.15, 0.2) is 5.75 Å². The first-order chi connectivity index (χ1) is 10.8. The molecular formula is C12H13Cl2NO8. The zero-order chi connectivity index (χ0) is 17.3. The molecule has 0 aliphatic carbocycles. The van der Waals surface area contributed by atoms with E-state index in [0.29, 0.717) is 0 Å². The molecule has 0 aromatic heterocycles. The Kier molecular flexibility index (Phi) is 5.63. The number of aliphatic hydroxyl groups excluding tert-OH is 4. The molecule has 11 heteroatoms. The predicted molar refractivity (Wildman–Crippen MR) is 77.5 cm³/mol. The first kappa shape index (κ1) is 18.1. The van der Waals surface area contributed by atoms with Crippen molar-refractivity contribution >= 4 is 28.9 Å². The van der Waals surface area contributed by atoms with Crippen LogP contribution in [-0.4, -0.2) is 62.7 Å². The van der Waals surface area contributed by atoms with Gasteiger partial charge in [0.2, 0.25) is 6.29 Å². The van der Waals surface area contributed by atoms with Crippen molar-refractivity contribution < 1.29 is 34.8 Å². The number of hydrogen-bond acceptors (Lipinski definition) is 8. The van der Waals surface area contributed by atoms with Gasteiger partial charge in [-0.25, -0.2) is 0 Å². The zero-order valence-corrected chi connectivity index (χ0v) is 12.9. The molecule has 0 unspecified atom stereocenters. The summed E-state index contributed by atoms with van der Waals surface area (Å²) < 4.78 is 10.4. The number of ether oxygens (including phenoxy) is 2. The summed E-state index contributed by atoms with van der Waals surface area (Å²) in [5, 5.41) is 48.6. The highest BCUT2D eigenvalue weighted by Gasteiger charge is 2.45. The van der Waals surface area contributed by atoms with Crippen LogP contribution < -0.4 is 4.74 Å². The van der Waals surface area contributed by atoms with Crippen molar-refractivity contribution in [1.29, 1.82) is 0 Å². The summed E-state index contributed by atoms with van der Waals surface area (Å²) >= 11 is 11.7. The largest absolute Gasteiger partial charge is 0.459 e. The monoisotopic (exact) mass is 369 g/mol. The Morgan fingerprint density at radius 2 is 1.74 bits per heavy atom. The number of hydrogen-bond donors (Lipinski definition) is 4. The molecule has 1 aliphatic heterocycles. The molecule has 23 heavy (non-hydrogen) atoms. The summed E-state index contributed by atoms with van der Waals surface area (Å²) in [6, 6.07) is 1.99. The van der Waals surface area contributed by atoms with Crippen molar-refractivity contribution in [1.82, 2.24) is 0 Å². The van der Waals surface area contributed by atoms with E-state index in [-0.39, 0.29) is 21.5 Å². The summed E-state index contributed by atoms with van der Waals surface area (Å²) in [6.45, 7) is -0.632. The molecule has 1 aromatic carbocycles. The average molecular weight is 370 g/mol. The van der Waals surface area contributed by atoms with E-state index in [9.17, 15) is 25.4 Å². The topological polar surface area (TPSA) is 143 Å². The first-order valence-corrected chi connectivity index (χ1v) is 7.12. The number of aliphatic hydroxyl groups is 4. The minimum atomic E-state index is -1.66. The molecule has 9 nitrogen and oxygen atoms in total. The van der Waals surface area contributed by atoms with Crippen molar-refractivity contribution in [3.8, 4) is 5.75 Å². The molecular weight excluding hydrogens is 357 g/mol. The summed E-state index contributed by atoms with van der Waals surface area (Å²) in [4.78, 5) is 10.0. The number of nitro groups is 1. The fraction of sp³-hybridized carbons (Fsp3) is 0.500. The SMILES string of the molecule is O=[N+]([O-])c1cc(Cl)c(O[C@H]2O[C@H](CO)[C@H](O)[C@H](O)[C@H]2O)c(Cl)c1. The Balaban J connectivity index is 2.26. The van der Waals surface area contributed by atoms with E-state index in [1.807, 2.05) is 0 Å². The van der Waals surface area contributed by atoms with E-state index >= 15 is 0 Å². The van der Waals surface area contributed by atoms with Gasteiger partial charge in [-0.15, -0.1) is 0 Å². The highest BCUT2D eigenvalue weighted by molar-refractivity contribution is 6.37. The smallest absolute Gasteiger partial charge is 0.272 e. The Bertz CT molecular complexity index is 575. The van der Waals surface area contributed by atoms with Gasteiger partial charge in [0.05, 0.1) is 21.6 Å². The second kappa shape index (κ2) is 7.14. The van der Waals surface area contributed by atoms with Gasteiger partial charge in [-0.1, -0.05) is 23.2 Å². The molecule has 0 spiro atoms. The molecule has 1 heterocycles. The number of nitro benzene ring substituents is 1. The Hall–Kier alpha value is -1.20. The minimum absolute atomic E-state index is 0.205. The van der Waals surface area contributed by atoms with E-state index in [4.69, 9.17) is 37.8 Å². The molecule has 1 aliphatic rings. The maximum absolute atomic E-state index is 10.7. The van der Waals surface area contributed by atoms with Crippen LogP contribution in [0.4, 0.5) is 5.69 Å². The number of rotatable bonds is 4. The van der Waals surface area contributed by atoms with Gasteiger partial charge in [0.1, 0.15) is 24.4 Å². The molecule has 0 radical (unpaired) electrons. The third kappa shape index (κ3) is 3.66. The van der Waals surface area contributed by atoms with Crippen LogP contribution in [0.1, 0.15) is 0 Å². The van der Waals surface area contributed by atoms with Gasteiger partial charge in [0.25, 0.3) is 5.69 Å². The molecule has 128 valence electrons. The maximum Gasteiger partial charge on any atom is 0.272 e. The van der Waals surface area contributed by atoms with Crippen LogP contribution in [-0.2, 0) is 4.74 Å². The number of nitrogens with zero attached hydrogens (tertiary/aromatic N) is 1. The molecule has 2 rings (SSSR count). The molecule has 1 saturated heterocycles. The quantitative estimate of drug-likeness (QED) is 0.431. The number of halogens is 2. The molecule has 1 aromatic rings. The van der Waals surface area contributed by atoms with Crippen LogP contribution in [0.2, 0.25) is 10.0 Å². The van der Waals surface area contributed by atoms with Crippen LogP contribution in [0.15, 0.2) is 12.1 Å². The third-order valence-corrected chi connectivity index (χ3v) is 3.84. The highest BCUT2D eigenvalue weighted by Crippen LogP contribution is 2.38. The Labute approximate surface area is 139 Å². The van der Waals surface area contributed by atoms with Gasteiger partial charge in [-0.3, -0.25) is 10.1 Å². The lowest BCUT2D eigenvalue weighted by atomic mass is 9.99. The van der Waals surface area contributed by atoms with Gasteiger partial charge >= 0.3 is 0 Å². The van der Waals surface area contributed by atoms with Crippen LogP contribution in [0.5, 0.6) is 5.75 Å². The van der Waals surface area contributed by atoms with Gasteiger partial charge in [-0.2, -0.15) is 0 Å². The lowest BCUT2D eigenvalue weighted by Crippen LogP contribution is -2.60. The van der Waals surface area contributed by atoms with E-state index < -0.39 is 42.2 Å². The average Bonchev–Trinajstić information content (AvgIpc) is 2.50. The highest BCUT2D eigenvalue weighted by atomic mass is 35.5. The molecule has 0 saturated carbocycles. The summed E-state index contributed by atoms with van der Waals surface area (Å²) in [5.74, 6) is -0.205. The molecule has 5 atom stereocenters. The number of non-ortho nitro benzene ring substituents is 1. The molecule has 0 bridgehead atoms. The van der Waals surface area contributed by atoms with Crippen LogP contribution in [0.3, 0.4) is 0 Å². The zero-order valence-electron chi connectivity index (χ0n) is 11.4. The fourth-order valence-corrected chi connectivity index (χ4v) is 2.61. The van der Waals surface area contributed by atoms with Gasteiger partial charge in [-0.05, 0) is 0 Å². The van der Waals surface area contributed by atoms with E-state index in [0.717, 1.165) is 12.1 Å². The summed E-state index contributed by atoms with van der Waals surface area (Å²) in [5.41, 5.74) is -0.360. The standard InChI is InChI=1S/C12H13Cl2NO8/c13-5-1-4(15(20)21)2-6(14)11(5)23-12-10(19)9(18)8(17)7(3-16)22-12/h1-2,7-10,12,16-19H,3H2/t7-,8+,9+,10-,12-/m1/s1. The van der Waals surface area contributed by atoms with Crippen LogP contribution in [0, 0.1) is 10.1 Å².